The SMILES string of the molecule is CC(C)[PH](C)(c1cc(-c2ccccc2)ccc1P(C)c1ccc(-c2ccccc2)cc1[PH](C)(C(C)C)C(C)C)C(C)C. The molecular formula is C39H55P3. The maximum absolute atomic E-state index is 2.65. The quantitative estimate of drug-likeness (QED) is 0.156. The summed E-state index contributed by atoms with van der Waals surface area (Å²) < 4.78 is 0. The first kappa shape index (κ1) is 33.1. The van der Waals surface area contributed by atoms with Gasteiger partial charge in [-0.05, 0) is 0 Å². The van der Waals surface area contributed by atoms with E-state index >= 15 is 0 Å². The average Bonchev–Trinajstić information content (AvgIpc) is 2.99. The van der Waals surface area contributed by atoms with Gasteiger partial charge < -0.3 is 0 Å². The molecule has 0 N–H and O–H groups in total. The van der Waals surface area contributed by atoms with Gasteiger partial charge in [-0.15, -0.1) is 0 Å². The second-order valence-electron chi connectivity index (χ2n) is 13.9. The summed E-state index contributed by atoms with van der Waals surface area (Å²) >= 11 is 0. The molecule has 0 spiro atoms. The molecule has 3 heteroatoms. The molecule has 0 saturated carbocycles. The van der Waals surface area contributed by atoms with Crippen LogP contribution in [0.3, 0.4) is 0 Å². The average molecular weight is 617 g/mol. The van der Waals surface area contributed by atoms with Gasteiger partial charge in [0.2, 0.25) is 0 Å². The van der Waals surface area contributed by atoms with Gasteiger partial charge in [-0.2, -0.15) is 0 Å². The van der Waals surface area contributed by atoms with Crippen molar-refractivity contribution in [1.82, 2.24) is 0 Å². The number of hydrogen-bond donors (Lipinski definition) is 0. The predicted molar refractivity (Wildman–Crippen MR) is 204 cm³/mol. The van der Waals surface area contributed by atoms with Gasteiger partial charge in [0, 0.05) is 0 Å². The molecule has 0 saturated heterocycles. The van der Waals surface area contributed by atoms with E-state index in [1.807, 2.05) is 0 Å². The normalized spacial score (nSPS) is 14.2. The zero-order chi connectivity index (χ0) is 30.8. The molecule has 0 radical (unpaired) electrons. The minimum absolute atomic E-state index is 0.533. The summed E-state index contributed by atoms with van der Waals surface area (Å²) in [7, 11) is -4.19. The van der Waals surface area contributed by atoms with Crippen LogP contribution >= 0.6 is 22.4 Å². The molecule has 0 atom stereocenters. The fourth-order valence-corrected chi connectivity index (χ4v) is 18.4. The van der Waals surface area contributed by atoms with Gasteiger partial charge in [-0.25, -0.2) is 0 Å². The molecule has 4 rings (SSSR count). The van der Waals surface area contributed by atoms with Gasteiger partial charge in [0.05, 0.1) is 0 Å². The Morgan fingerprint density at radius 3 is 1.02 bits per heavy atom. The van der Waals surface area contributed by atoms with E-state index in [4.69, 9.17) is 0 Å². The zero-order valence-electron chi connectivity index (χ0n) is 28.0. The van der Waals surface area contributed by atoms with Crippen LogP contribution in [0.15, 0.2) is 97.1 Å². The molecule has 226 valence electrons. The summed E-state index contributed by atoms with van der Waals surface area (Å²) in [6.45, 7) is 27.7. The van der Waals surface area contributed by atoms with Gasteiger partial charge in [-0.3, -0.25) is 0 Å². The molecule has 0 aliphatic rings. The Morgan fingerprint density at radius 2 is 0.738 bits per heavy atom. The molecule has 42 heavy (non-hydrogen) atoms. The molecule has 4 aromatic rings. The summed E-state index contributed by atoms with van der Waals surface area (Å²) in [4.78, 5) is 0. The molecule has 0 bridgehead atoms. The van der Waals surface area contributed by atoms with Gasteiger partial charge in [-0.1, -0.05) is 0 Å². The van der Waals surface area contributed by atoms with E-state index in [1.165, 1.54) is 22.3 Å². The van der Waals surface area contributed by atoms with Gasteiger partial charge in [0.1, 0.15) is 0 Å². The van der Waals surface area contributed by atoms with Gasteiger partial charge >= 0.3 is 261 Å². The number of benzene rings is 4. The Bertz CT molecular complexity index is 1340. The second-order valence-corrected chi connectivity index (χ2v) is 26.8. The van der Waals surface area contributed by atoms with E-state index < -0.39 is 22.4 Å². The molecule has 0 fully saturated rings. The van der Waals surface area contributed by atoms with Crippen LogP contribution < -0.4 is 21.2 Å². The molecule has 0 heterocycles. The number of rotatable bonds is 10. The Kier molecular flexibility index (Phi) is 10.6. The first-order valence-electron chi connectivity index (χ1n) is 16.0. The third kappa shape index (κ3) is 6.21. The predicted octanol–water partition coefficient (Wildman–Crippen LogP) is 9.73. The Hall–Kier alpha value is -1.83. The molecule has 0 nitrogen and oxygen atoms in total. The Labute approximate surface area is 260 Å². The fraction of sp³-hybridized carbons (Fsp3) is 0.385. The van der Waals surface area contributed by atoms with Crippen LogP contribution in [-0.2, 0) is 0 Å². The summed E-state index contributed by atoms with van der Waals surface area (Å²) in [6.07, 6.45) is 0. The van der Waals surface area contributed by atoms with Gasteiger partial charge in [0.15, 0.2) is 0 Å². The van der Waals surface area contributed by atoms with Crippen molar-refractivity contribution < 1.29 is 0 Å². The second kappa shape index (κ2) is 13.4. The molecular weight excluding hydrogens is 561 g/mol. The Balaban J connectivity index is 2.00. The molecule has 0 aliphatic carbocycles. The van der Waals surface area contributed by atoms with E-state index in [1.54, 1.807) is 21.2 Å². The van der Waals surface area contributed by atoms with Crippen molar-refractivity contribution in [2.24, 2.45) is 0 Å². The molecule has 0 aromatic heterocycles. The van der Waals surface area contributed by atoms with Crippen LogP contribution in [0.5, 0.6) is 0 Å². The van der Waals surface area contributed by atoms with Gasteiger partial charge in [0.25, 0.3) is 0 Å². The summed E-state index contributed by atoms with van der Waals surface area (Å²) in [5, 5.41) is 6.58. The van der Waals surface area contributed by atoms with Crippen LogP contribution in [-0.4, -0.2) is 42.6 Å². The van der Waals surface area contributed by atoms with E-state index in [-0.39, 0.29) is 0 Å². The van der Waals surface area contributed by atoms with Crippen molar-refractivity contribution in [3.05, 3.63) is 97.1 Å². The van der Waals surface area contributed by atoms with Crippen molar-refractivity contribution in [3.63, 3.8) is 0 Å². The van der Waals surface area contributed by atoms with Crippen molar-refractivity contribution in [2.45, 2.75) is 78.0 Å². The van der Waals surface area contributed by atoms with Crippen LogP contribution in [0, 0.1) is 0 Å². The van der Waals surface area contributed by atoms with Crippen molar-refractivity contribution in [3.8, 4) is 22.3 Å². The fourth-order valence-electron chi connectivity index (χ4n) is 6.85. The summed E-state index contributed by atoms with van der Waals surface area (Å²) in [5.74, 6) is 0. The molecule has 4 aromatic carbocycles. The van der Waals surface area contributed by atoms with Crippen LogP contribution in [0.25, 0.3) is 22.3 Å². The third-order valence-corrected chi connectivity index (χ3v) is 26.3. The topological polar surface area (TPSA) is 0 Å². The molecule has 0 aliphatic heterocycles. The van der Waals surface area contributed by atoms with Crippen molar-refractivity contribution >= 4 is 43.7 Å². The molecule has 0 amide bonds. The van der Waals surface area contributed by atoms with Crippen LogP contribution in [0.1, 0.15) is 55.4 Å². The van der Waals surface area contributed by atoms with Crippen molar-refractivity contribution in [1.29, 1.82) is 0 Å². The number of hydrogen-bond acceptors (Lipinski definition) is 0. The van der Waals surface area contributed by atoms with Crippen LogP contribution in [0.2, 0.25) is 0 Å². The third-order valence-electron chi connectivity index (χ3n) is 10.9. The monoisotopic (exact) mass is 616 g/mol. The first-order valence-corrected chi connectivity index (χ1v) is 23.1. The summed E-state index contributed by atoms with van der Waals surface area (Å²) in [5.41, 5.74) is 8.02. The minimum atomic E-state index is -1.83. The van der Waals surface area contributed by atoms with Crippen molar-refractivity contribution in [2.75, 3.05) is 20.0 Å². The van der Waals surface area contributed by atoms with Crippen LogP contribution in [0.4, 0.5) is 0 Å². The van der Waals surface area contributed by atoms with E-state index in [0.29, 0.717) is 22.6 Å². The standard InChI is InChI=1S/C39H55P3/c1-28(2)41(10,29(3)4)38-26-34(32-18-14-12-15-19-32)22-24-36(38)40(9)37-25-23-35(33-20-16-13-17-21-33)27-39(37)42(11,30(5)6)31(7)8/h12-31,41-42H,1-11H3. The summed E-state index contributed by atoms with van der Waals surface area (Å²) in [6, 6.07) is 37.0. The van der Waals surface area contributed by atoms with E-state index in [2.05, 4.69) is 172 Å². The first-order chi connectivity index (χ1) is 19.8. The van der Waals surface area contributed by atoms with E-state index in [9.17, 15) is 0 Å². The zero-order valence-corrected chi connectivity index (χ0v) is 30.9. The Morgan fingerprint density at radius 1 is 0.429 bits per heavy atom. The van der Waals surface area contributed by atoms with E-state index in [0.717, 1.165) is 0 Å². The molecule has 0 unspecified atom stereocenters. The maximum atomic E-state index is 2.65.